The average Bonchev–Trinajstić information content (AvgIpc) is 2.67. The third-order valence-electron chi connectivity index (χ3n) is 2.91. The van der Waals surface area contributed by atoms with Gasteiger partial charge in [0.05, 0.1) is 11.3 Å². The number of nitrogens with zero attached hydrogens (tertiary/aromatic N) is 3. The van der Waals surface area contributed by atoms with Crippen LogP contribution in [0.15, 0.2) is 18.5 Å². The Hall–Kier alpha value is -1.62. The Morgan fingerprint density at radius 2 is 2.29 bits per heavy atom. The fourth-order valence-corrected chi connectivity index (χ4v) is 1.58. The van der Waals surface area contributed by atoms with E-state index in [9.17, 15) is 5.11 Å². The van der Waals surface area contributed by atoms with E-state index in [4.69, 9.17) is 0 Å². The maximum absolute atomic E-state index is 9.95. The van der Waals surface area contributed by atoms with Crippen LogP contribution < -0.4 is 5.32 Å². The van der Waals surface area contributed by atoms with Gasteiger partial charge in [0.15, 0.2) is 5.82 Å². The van der Waals surface area contributed by atoms with Crippen molar-refractivity contribution in [3.63, 3.8) is 0 Å². The number of rotatable bonds is 4. The molecule has 5 nitrogen and oxygen atoms in total. The third kappa shape index (κ3) is 2.55. The summed E-state index contributed by atoms with van der Waals surface area (Å²) in [5.74, 6) is 0.752. The molecule has 0 bridgehead atoms. The van der Waals surface area contributed by atoms with Gasteiger partial charge >= 0.3 is 0 Å². The summed E-state index contributed by atoms with van der Waals surface area (Å²) in [4.78, 5) is 4.27. The predicted molar refractivity (Wildman–Crippen MR) is 67.1 cm³/mol. The molecule has 5 heteroatoms. The highest BCUT2D eigenvalue weighted by Gasteiger charge is 2.17. The van der Waals surface area contributed by atoms with Gasteiger partial charge in [-0.15, -0.1) is 0 Å². The fourth-order valence-electron chi connectivity index (χ4n) is 1.58. The van der Waals surface area contributed by atoms with E-state index in [0.29, 0.717) is 13.0 Å². The molecule has 0 aromatic carbocycles. The van der Waals surface area contributed by atoms with Gasteiger partial charge in [0.25, 0.3) is 0 Å². The van der Waals surface area contributed by atoms with Gasteiger partial charge in [-0.05, 0) is 26.3 Å². The maximum Gasteiger partial charge on any atom is 0.152 e. The lowest BCUT2D eigenvalue weighted by Crippen LogP contribution is -2.32. The van der Waals surface area contributed by atoms with Gasteiger partial charge in [-0.1, -0.05) is 6.92 Å². The van der Waals surface area contributed by atoms with Crippen molar-refractivity contribution >= 4 is 11.3 Å². The zero-order valence-electron chi connectivity index (χ0n) is 10.4. The molecule has 1 unspecified atom stereocenters. The van der Waals surface area contributed by atoms with Crippen LogP contribution in [0.5, 0.6) is 0 Å². The molecule has 2 heterocycles. The lowest BCUT2D eigenvalue weighted by atomic mass is 10.0. The molecule has 2 N–H and O–H groups in total. The summed E-state index contributed by atoms with van der Waals surface area (Å²) in [6, 6.07) is 1.97. The van der Waals surface area contributed by atoms with Crippen LogP contribution in [-0.2, 0) is 0 Å². The summed E-state index contributed by atoms with van der Waals surface area (Å²) >= 11 is 0. The summed E-state index contributed by atoms with van der Waals surface area (Å²) in [7, 11) is 0. The Bertz CT molecular complexity index is 518. The summed E-state index contributed by atoms with van der Waals surface area (Å²) in [6.45, 7) is 6.18. The molecule has 0 amide bonds. The molecule has 0 radical (unpaired) electrons. The second-order valence-electron chi connectivity index (χ2n) is 4.60. The smallest absolute Gasteiger partial charge is 0.152 e. The molecule has 0 saturated carbocycles. The van der Waals surface area contributed by atoms with Crippen LogP contribution in [0, 0.1) is 6.92 Å². The van der Waals surface area contributed by atoms with Crippen LogP contribution >= 0.6 is 0 Å². The molecule has 0 spiro atoms. The van der Waals surface area contributed by atoms with E-state index < -0.39 is 5.60 Å². The number of aryl methyl sites for hydroxylation is 1. The Morgan fingerprint density at radius 1 is 1.53 bits per heavy atom. The van der Waals surface area contributed by atoms with Gasteiger partial charge < -0.3 is 10.4 Å². The van der Waals surface area contributed by atoms with Crippen molar-refractivity contribution in [3.05, 3.63) is 24.2 Å². The van der Waals surface area contributed by atoms with E-state index in [-0.39, 0.29) is 0 Å². The number of hydrogen-bond donors (Lipinski definition) is 2. The molecule has 2 rings (SSSR count). The molecule has 0 aliphatic rings. The number of fused-ring (bicyclic) bond motifs is 1. The number of anilines is 1. The van der Waals surface area contributed by atoms with Gasteiger partial charge in [-0.3, -0.25) is 0 Å². The van der Waals surface area contributed by atoms with E-state index >= 15 is 0 Å². The highest BCUT2D eigenvalue weighted by molar-refractivity contribution is 5.67. The molecule has 0 saturated heterocycles. The molecule has 0 aliphatic carbocycles. The quantitative estimate of drug-likeness (QED) is 0.843. The normalized spacial score (nSPS) is 14.8. The molecule has 92 valence electrons. The van der Waals surface area contributed by atoms with E-state index in [1.165, 1.54) is 0 Å². The first-order valence-electron chi connectivity index (χ1n) is 5.79. The van der Waals surface area contributed by atoms with Crippen LogP contribution in [0.4, 0.5) is 5.82 Å². The van der Waals surface area contributed by atoms with Gasteiger partial charge in [0.2, 0.25) is 0 Å². The van der Waals surface area contributed by atoms with Crippen molar-refractivity contribution < 1.29 is 5.11 Å². The van der Waals surface area contributed by atoms with E-state index in [2.05, 4.69) is 15.4 Å². The molecule has 2 aromatic rings. The lowest BCUT2D eigenvalue weighted by molar-refractivity contribution is 0.0697. The lowest BCUT2D eigenvalue weighted by Gasteiger charge is -2.21. The maximum atomic E-state index is 9.95. The van der Waals surface area contributed by atoms with Gasteiger partial charge in [0.1, 0.15) is 5.52 Å². The predicted octanol–water partition coefficient (Wildman–Crippen LogP) is 1.61. The van der Waals surface area contributed by atoms with Crippen molar-refractivity contribution in [2.45, 2.75) is 32.8 Å². The van der Waals surface area contributed by atoms with Gasteiger partial charge in [0, 0.05) is 18.9 Å². The topological polar surface area (TPSA) is 62.5 Å². The Kier molecular flexibility index (Phi) is 3.02. The highest BCUT2D eigenvalue weighted by atomic mass is 16.3. The van der Waals surface area contributed by atoms with Crippen LogP contribution in [-0.4, -0.2) is 31.9 Å². The summed E-state index contributed by atoms with van der Waals surface area (Å²) < 4.78 is 1.78. The molecule has 0 fully saturated rings. The third-order valence-corrected chi connectivity index (χ3v) is 2.91. The van der Waals surface area contributed by atoms with Crippen LogP contribution in [0.2, 0.25) is 0 Å². The van der Waals surface area contributed by atoms with Crippen molar-refractivity contribution in [1.29, 1.82) is 0 Å². The average molecular weight is 234 g/mol. The minimum atomic E-state index is -0.719. The largest absolute Gasteiger partial charge is 0.388 e. The Morgan fingerprint density at radius 3 is 3.00 bits per heavy atom. The Labute approximate surface area is 100 Å². The fraction of sp³-hybridized carbons (Fsp3) is 0.500. The molecule has 17 heavy (non-hydrogen) atoms. The second-order valence-corrected chi connectivity index (χ2v) is 4.60. The zero-order chi connectivity index (χ0) is 12.5. The monoisotopic (exact) mass is 234 g/mol. The molecular weight excluding hydrogens is 216 g/mol. The Balaban J connectivity index is 2.24. The summed E-state index contributed by atoms with van der Waals surface area (Å²) in [6.07, 6.45) is 4.20. The number of aromatic nitrogens is 3. The minimum Gasteiger partial charge on any atom is -0.388 e. The van der Waals surface area contributed by atoms with Gasteiger partial charge in [-0.2, -0.15) is 5.10 Å². The van der Waals surface area contributed by atoms with Crippen LogP contribution in [0.3, 0.4) is 0 Å². The van der Waals surface area contributed by atoms with E-state index in [1.54, 1.807) is 10.7 Å². The standard InChI is InChI=1S/C12H18N4O/c1-4-12(3,17)8-14-11-10-7-9(2)15-16(10)6-5-13-11/h5-7,17H,4,8H2,1-3H3,(H,13,14). The minimum absolute atomic E-state index is 0.473. The number of aliphatic hydroxyl groups is 1. The summed E-state index contributed by atoms with van der Waals surface area (Å²) in [5.41, 5.74) is 1.16. The van der Waals surface area contributed by atoms with Crippen molar-refractivity contribution in [3.8, 4) is 0 Å². The molecule has 0 aliphatic heterocycles. The SMILES string of the molecule is CCC(C)(O)CNc1nccn2nc(C)cc12. The first kappa shape index (κ1) is 11.9. The van der Waals surface area contributed by atoms with Crippen LogP contribution in [0.25, 0.3) is 5.52 Å². The van der Waals surface area contributed by atoms with Crippen LogP contribution in [0.1, 0.15) is 26.0 Å². The van der Waals surface area contributed by atoms with Crippen molar-refractivity contribution in [2.24, 2.45) is 0 Å². The van der Waals surface area contributed by atoms with E-state index in [1.807, 2.05) is 33.0 Å². The molecule has 1 atom stereocenters. The number of hydrogen-bond acceptors (Lipinski definition) is 4. The zero-order valence-corrected chi connectivity index (χ0v) is 10.4. The van der Waals surface area contributed by atoms with Crippen molar-refractivity contribution in [1.82, 2.24) is 14.6 Å². The number of nitrogens with one attached hydrogen (secondary N) is 1. The first-order chi connectivity index (χ1) is 8.02. The van der Waals surface area contributed by atoms with Crippen molar-refractivity contribution in [2.75, 3.05) is 11.9 Å². The molecule has 2 aromatic heterocycles. The molecular formula is C12H18N4O. The van der Waals surface area contributed by atoms with E-state index in [0.717, 1.165) is 17.0 Å². The van der Waals surface area contributed by atoms with Gasteiger partial charge in [-0.25, -0.2) is 9.50 Å². The summed E-state index contributed by atoms with van der Waals surface area (Å²) in [5, 5.41) is 17.4. The first-order valence-corrected chi connectivity index (χ1v) is 5.79. The second kappa shape index (κ2) is 4.33. The highest BCUT2D eigenvalue weighted by Crippen LogP contribution is 2.16.